The Balaban J connectivity index is 2.20. The summed E-state index contributed by atoms with van der Waals surface area (Å²) in [6.45, 7) is 2.05. The minimum atomic E-state index is 1.02. The van der Waals surface area contributed by atoms with Gasteiger partial charge in [0, 0.05) is 0 Å². The topological polar surface area (TPSA) is 0 Å². The van der Waals surface area contributed by atoms with Crippen LogP contribution in [0.1, 0.15) is 12.5 Å². The molecule has 0 saturated carbocycles. The van der Waals surface area contributed by atoms with Gasteiger partial charge in [0.05, 0.1) is 0 Å². The Morgan fingerprint density at radius 1 is 0.812 bits per heavy atom. The van der Waals surface area contributed by atoms with E-state index in [0.717, 1.165) is 6.42 Å². The van der Waals surface area contributed by atoms with Crippen molar-refractivity contribution in [1.82, 2.24) is 0 Å². The van der Waals surface area contributed by atoms with Crippen molar-refractivity contribution in [1.29, 1.82) is 0 Å². The van der Waals surface area contributed by atoms with Crippen LogP contribution < -0.4 is 0 Å². The fraction of sp³-hybridized carbons (Fsp3) is 0.125. The van der Waals surface area contributed by atoms with Gasteiger partial charge >= 0.3 is 0 Å². The zero-order chi connectivity index (χ0) is 11.2. The third kappa shape index (κ3) is 2.60. The highest BCUT2D eigenvalue weighted by Gasteiger charge is 1.95. The lowest BCUT2D eigenvalue weighted by atomic mass is 10.0. The van der Waals surface area contributed by atoms with Crippen LogP contribution in [-0.2, 0) is 6.42 Å². The Kier molecular flexibility index (Phi) is 3.55. The third-order valence-electron chi connectivity index (χ3n) is 2.65. The largest absolute Gasteiger partial charge is 0.0913 e. The van der Waals surface area contributed by atoms with E-state index in [4.69, 9.17) is 0 Å². The molecule has 0 aliphatic carbocycles. The van der Waals surface area contributed by atoms with Gasteiger partial charge in [0.2, 0.25) is 0 Å². The van der Waals surface area contributed by atoms with Gasteiger partial charge in [-0.05, 0) is 30.0 Å². The summed E-state index contributed by atoms with van der Waals surface area (Å²) in [6, 6.07) is 19.2. The number of hydrogen-bond acceptors (Lipinski definition) is 0. The molecule has 0 aliphatic heterocycles. The molecule has 0 bridgehead atoms. The Labute approximate surface area is 97.3 Å². The van der Waals surface area contributed by atoms with Crippen LogP contribution in [0.15, 0.2) is 66.7 Å². The second-order valence-corrected chi connectivity index (χ2v) is 3.84. The number of hydrogen-bond donors (Lipinski definition) is 0. The highest BCUT2D eigenvalue weighted by atomic mass is 14.0. The van der Waals surface area contributed by atoms with E-state index >= 15 is 0 Å². The van der Waals surface area contributed by atoms with E-state index in [0.29, 0.717) is 0 Å². The van der Waals surface area contributed by atoms with Gasteiger partial charge in [-0.15, -0.1) is 0 Å². The minimum absolute atomic E-state index is 1.02. The average Bonchev–Trinajstić information content (AvgIpc) is 2.38. The van der Waals surface area contributed by atoms with Gasteiger partial charge in [-0.1, -0.05) is 66.7 Å². The summed E-state index contributed by atoms with van der Waals surface area (Å²) in [7, 11) is 0. The van der Waals surface area contributed by atoms with Gasteiger partial charge in [-0.25, -0.2) is 0 Å². The first kappa shape index (κ1) is 10.7. The van der Waals surface area contributed by atoms with E-state index in [2.05, 4.69) is 67.6 Å². The molecule has 0 amide bonds. The highest BCUT2D eigenvalue weighted by molar-refractivity contribution is 5.63. The molecule has 0 saturated heterocycles. The molecule has 0 N–H and O–H groups in total. The smallest absolute Gasteiger partial charge is 0.00976 e. The third-order valence-corrected chi connectivity index (χ3v) is 2.65. The van der Waals surface area contributed by atoms with E-state index in [9.17, 15) is 0 Å². The van der Waals surface area contributed by atoms with Crippen molar-refractivity contribution in [3.05, 3.63) is 72.3 Å². The van der Waals surface area contributed by atoms with E-state index in [1.165, 1.54) is 16.7 Å². The summed E-state index contributed by atoms with van der Waals surface area (Å²) in [5.41, 5.74) is 3.92. The molecule has 0 aliphatic rings. The maximum Gasteiger partial charge on any atom is -0.00976 e. The van der Waals surface area contributed by atoms with E-state index < -0.39 is 0 Å². The van der Waals surface area contributed by atoms with Crippen molar-refractivity contribution in [2.24, 2.45) is 0 Å². The monoisotopic (exact) mass is 208 g/mol. The van der Waals surface area contributed by atoms with Crippen molar-refractivity contribution in [3.8, 4) is 11.1 Å². The normalized spacial score (nSPS) is 10.8. The average molecular weight is 208 g/mol. The Hall–Kier alpha value is -1.82. The molecule has 2 aromatic rings. The molecule has 16 heavy (non-hydrogen) atoms. The summed E-state index contributed by atoms with van der Waals surface area (Å²) in [5.74, 6) is 0. The SMILES string of the molecule is C/C=C/Cc1ccc(-c2ccccc2)cc1. The highest BCUT2D eigenvalue weighted by Crippen LogP contribution is 2.19. The van der Waals surface area contributed by atoms with Crippen LogP contribution in [0.4, 0.5) is 0 Å². The number of rotatable bonds is 3. The van der Waals surface area contributed by atoms with E-state index in [1.807, 2.05) is 6.07 Å². The molecule has 0 atom stereocenters. The molecule has 0 spiro atoms. The van der Waals surface area contributed by atoms with Crippen molar-refractivity contribution in [3.63, 3.8) is 0 Å². The predicted molar refractivity (Wildman–Crippen MR) is 70.4 cm³/mol. The number of allylic oxidation sites excluding steroid dienone is 2. The van der Waals surface area contributed by atoms with Gasteiger partial charge in [-0.3, -0.25) is 0 Å². The molecular formula is C16H16. The summed E-state index contributed by atoms with van der Waals surface area (Å²) < 4.78 is 0. The lowest BCUT2D eigenvalue weighted by Gasteiger charge is -2.02. The molecule has 0 heterocycles. The summed E-state index contributed by atoms with van der Waals surface area (Å²) in [4.78, 5) is 0. The molecule has 2 aromatic carbocycles. The van der Waals surface area contributed by atoms with Crippen LogP contribution in [0.2, 0.25) is 0 Å². The van der Waals surface area contributed by atoms with E-state index in [1.54, 1.807) is 0 Å². The lowest BCUT2D eigenvalue weighted by Crippen LogP contribution is -1.82. The van der Waals surface area contributed by atoms with E-state index in [-0.39, 0.29) is 0 Å². The van der Waals surface area contributed by atoms with Gasteiger partial charge in [0.15, 0.2) is 0 Å². The first-order chi connectivity index (χ1) is 7.90. The van der Waals surface area contributed by atoms with Crippen LogP contribution in [0.25, 0.3) is 11.1 Å². The van der Waals surface area contributed by atoms with Gasteiger partial charge < -0.3 is 0 Å². The van der Waals surface area contributed by atoms with Crippen molar-refractivity contribution in [2.45, 2.75) is 13.3 Å². The summed E-state index contributed by atoms with van der Waals surface area (Å²) in [5, 5.41) is 0. The van der Waals surface area contributed by atoms with Crippen LogP contribution in [0, 0.1) is 0 Å². The molecule has 0 nitrogen and oxygen atoms in total. The molecular weight excluding hydrogens is 192 g/mol. The zero-order valence-electron chi connectivity index (χ0n) is 9.56. The zero-order valence-corrected chi connectivity index (χ0v) is 9.56. The molecule has 0 unspecified atom stereocenters. The van der Waals surface area contributed by atoms with Crippen LogP contribution >= 0.6 is 0 Å². The molecule has 0 fully saturated rings. The minimum Gasteiger partial charge on any atom is -0.0913 e. The van der Waals surface area contributed by atoms with Gasteiger partial charge in [0.25, 0.3) is 0 Å². The van der Waals surface area contributed by atoms with Gasteiger partial charge in [0.1, 0.15) is 0 Å². The second-order valence-electron chi connectivity index (χ2n) is 3.84. The molecule has 0 heteroatoms. The van der Waals surface area contributed by atoms with Crippen molar-refractivity contribution >= 4 is 0 Å². The van der Waals surface area contributed by atoms with Crippen LogP contribution in [0.5, 0.6) is 0 Å². The standard InChI is InChI=1S/C16H16/c1-2-3-7-14-10-12-16(13-11-14)15-8-5-4-6-9-15/h2-6,8-13H,7H2,1H3/b3-2+. The number of benzene rings is 2. The Morgan fingerprint density at radius 2 is 1.44 bits per heavy atom. The lowest BCUT2D eigenvalue weighted by molar-refractivity contribution is 1.26. The molecule has 0 aromatic heterocycles. The maximum atomic E-state index is 2.20. The van der Waals surface area contributed by atoms with Crippen molar-refractivity contribution < 1.29 is 0 Å². The first-order valence-corrected chi connectivity index (χ1v) is 5.65. The first-order valence-electron chi connectivity index (χ1n) is 5.65. The Bertz CT molecular complexity index is 449. The van der Waals surface area contributed by atoms with Crippen LogP contribution in [0.3, 0.4) is 0 Å². The second kappa shape index (κ2) is 5.32. The summed E-state index contributed by atoms with van der Waals surface area (Å²) in [6.07, 6.45) is 5.29. The predicted octanol–water partition coefficient (Wildman–Crippen LogP) is 4.47. The summed E-state index contributed by atoms with van der Waals surface area (Å²) >= 11 is 0. The maximum absolute atomic E-state index is 2.20. The Morgan fingerprint density at radius 3 is 2.06 bits per heavy atom. The van der Waals surface area contributed by atoms with Crippen LogP contribution in [-0.4, -0.2) is 0 Å². The fourth-order valence-corrected chi connectivity index (χ4v) is 1.72. The quantitative estimate of drug-likeness (QED) is 0.653. The van der Waals surface area contributed by atoms with Crippen molar-refractivity contribution in [2.75, 3.05) is 0 Å². The van der Waals surface area contributed by atoms with Gasteiger partial charge in [-0.2, -0.15) is 0 Å². The molecule has 0 radical (unpaired) electrons. The molecule has 2 rings (SSSR count). The fourth-order valence-electron chi connectivity index (χ4n) is 1.72. The molecule has 80 valence electrons.